The Hall–Kier alpha value is -2.35. The van der Waals surface area contributed by atoms with Crippen molar-refractivity contribution in [3.63, 3.8) is 0 Å². The zero-order valence-corrected chi connectivity index (χ0v) is 16.7. The molecule has 2 heterocycles. The molecular weight excluding hydrogens is 438 g/mol. The number of aromatic nitrogens is 4. The van der Waals surface area contributed by atoms with E-state index in [-0.39, 0.29) is 11.5 Å². The maximum atomic E-state index is 12.9. The summed E-state index contributed by atoms with van der Waals surface area (Å²) in [4.78, 5) is 15.5. The molecule has 2 aromatic rings. The number of nitrogens with zero attached hydrogens (tertiary/aromatic N) is 4. The first-order valence-electron chi connectivity index (χ1n) is 8.50. The van der Waals surface area contributed by atoms with Gasteiger partial charge in [0.1, 0.15) is 23.2 Å². The van der Waals surface area contributed by atoms with Crippen molar-refractivity contribution in [2.45, 2.75) is 55.7 Å². The Morgan fingerprint density at radius 1 is 0.833 bits per heavy atom. The van der Waals surface area contributed by atoms with Crippen molar-refractivity contribution in [2.75, 3.05) is 10.6 Å². The van der Waals surface area contributed by atoms with Gasteiger partial charge in [-0.3, -0.25) is 0 Å². The highest BCUT2D eigenvalue weighted by atomic mass is 32.2. The van der Waals surface area contributed by atoms with Crippen molar-refractivity contribution in [3.8, 4) is 11.5 Å². The summed E-state index contributed by atoms with van der Waals surface area (Å²) in [5.74, 6) is -1.39. The van der Waals surface area contributed by atoms with Crippen molar-refractivity contribution in [3.05, 3.63) is 18.2 Å². The van der Waals surface area contributed by atoms with E-state index in [0.29, 0.717) is 5.03 Å². The van der Waals surface area contributed by atoms with Crippen LogP contribution in [0.25, 0.3) is 11.5 Å². The molecule has 0 radical (unpaired) electrons. The van der Waals surface area contributed by atoms with E-state index >= 15 is 0 Å². The van der Waals surface area contributed by atoms with Crippen LogP contribution in [0.3, 0.4) is 0 Å². The molecule has 166 valence electrons. The minimum absolute atomic E-state index is 0.0773. The molecule has 7 nitrogen and oxygen atoms in total. The third kappa shape index (κ3) is 6.86. The van der Waals surface area contributed by atoms with Gasteiger partial charge in [-0.1, -0.05) is 17.8 Å². The second-order valence-electron chi connectivity index (χ2n) is 6.20. The number of aliphatic hydroxyl groups is 1. The number of anilines is 2. The van der Waals surface area contributed by atoms with Crippen LogP contribution >= 0.6 is 11.8 Å². The Morgan fingerprint density at radius 3 is 1.77 bits per heavy atom. The normalized spacial score (nSPS) is 15.4. The quantitative estimate of drug-likeness (QED) is 0.326. The lowest BCUT2D eigenvalue weighted by molar-refractivity contribution is -0.139. The van der Waals surface area contributed by atoms with Crippen LogP contribution in [0.5, 0.6) is 0 Å². The smallest absolute Gasteiger partial charge is 0.382 e. The number of hydrogen-bond donors (Lipinski definition) is 3. The minimum atomic E-state index is -4.63. The first kappa shape index (κ1) is 23.9. The van der Waals surface area contributed by atoms with E-state index in [9.17, 15) is 31.4 Å². The standard InChI is InChI=1S/C16H18F6N6OS/c1-7(15(17,18)19)23-13-26-12(10-5-4-6-11(25-10)30-9(3)29)27-14(28-13)24-8(2)16(20,21)22/h4-9,29H,1-3H3,(H2,23,24,26,27,28)/t7-,8-,9?/m1/s1. The van der Waals surface area contributed by atoms with Crippen LogP contribution in [0.15, 0.2) is 23.2 Å². The van der Waals surface area contributed by atoms with E-state index < -0.39 is 41.8 Å². The zero-order valence-electron chi connectivity index (χ0n) is 15.9. The molecule has 2 aromatic heterocycles. The number of pyridine rings is 1. The van der Waals surface area contributed by atoms with Crippen LogP contribution in [0, 0.1) is 0 Å². The van der Waals surface area contributed by atoms with E-state index in [1.165, 1.54) is 19.1 Å². The van der Waals surface area contributed by atoms with Crippen molar-refractivity contribution in [1.29, 1.82) is 0 Å². The summed E-state index contributed by atoms with van der Waals surface area (Å²) in [7, 11) is 0. The van der Waals surface area contributed by atoms with Gasteiger partial charge in [-0.15, -0.1) is 0 Å². The third-order valence-corrected chi connectivity index (χ3v) is 4.36. The Bertz CT molecular complexity index is 823. The number of halogens is 6. The molecule has 0 saturated heterocycles. The van der Waals surface area contributed by atoms with E-state index in [0.717, 1.165) is 25.6 Å². The predicted molar refractivity (Wildman–Crippen MR) is 98.9 cm³/mol. The summed E-state index contributed by atoms with van der Waals surface area (Å²) in [6.07, 6.45) is -9.27. The molecule has 0 bridgehead atoms. The lowest BCUT2D eigenvalue weighted by Gasteiger charge is -2.20. The van der Waals surface area contributed by atoms with E-state index in [2.05, 4.69) is 19.9 Å². The largest absolute Gasteiger partial charge is 0.408 e. The fourth-order valence-electron chi connectivity index (χ4n) is 1.95. The van der Waals surface area contributed by atoms with Gasteiger partial charge in [0.05, 0.1) is 5.03 Å². The molecule has 3 N–H and O–H groups in total. The van der Waals surface area contributed by atoms with Crippen LogP contribution in [-0.4, -0.2) is 54.9 Å². The van der Waals surface area contributed by atoms with Gasteiger partial charge in [-0.2, -0.15) is 41.3 Å². The fraction of sp³-hybridized carbons (Fsp3) is 0.500. The monoisotopic (exact) mass is 456 g/mol. The average molecular weight is 456 g/mol. The average Bonchev–Trinajstić information content (AvgIpc) is 2.59. The zero-order chi connectivity index (χ0) is 22.7. The number of thioether (sulfide) groups is 1. The van der Waals surface area contributed by atoms with E-state index in [1.54, 1.807) is 6.07 Å². The molecule has 0 aliphatic rings. The fourth-order valence-corrected chi connectivity index (χ4v) is 2.61. The van der Waals surface area contributed by atoms with E-state index in [1.807, 2.05) is 10.6 Å². The van der Waals surface area contributed by atoms with Crippen LogP contribution in [0.1, 0.15) is 20.8 Å². The number of aliphatic hydroxyl groups excluding tert-OH is 1. The second kappa shape index (κ2) is 9.20. The summed E-state index contributed by atoms with van der Waals surface area (Å²) in [5.41, 5.74) is -0.714. The van der Waals surface area contributed by atoms with Crippen LogP contribution in [-0.2, 0) is 0 Å². The SMILES string of the molecule is CC(O)Sc1cccc(-c2nc(N[C@H](C)C(F)(F)F)nc(N[C@H](C)C(F)(F)F)n2)n1. The maximum absolute atomic E-state index is 12.9. The number of nitrogens with one attached hydrogen (secondary N) is 2. The third-order valence-electron chi connectivity index (χ3n) is 3.55. The minimum Gasteiger partial charge on any atom is -0.382 e. The Balaban J connectivity index is 2.45. The molecule has 0 amide bonds. The van der Waals surface area contributed by atoms with Gasteiger partial charge in [0.15, 0.2) is 5.82 Å². The molecule has 0 spiro atoms. The van der Waals surface area contributed by atoms with Crippen molar-refractivity contribution in [1.82, 2.24) is 19.9 Å². The molecule has 2 rings (SSSR count). The summed E-state index contributed by atoms with van der Waals surface area (Å²) >= 11 is 0.988. The molecule has 0 fully saturated rings. The highest BCUT2D eigenvalue weighted by Crippen LogP contribution is 2.27. The van der Waals surface area contributed by atoms with Gasteiger partial charge in [0.2, 0.25) is 11.9 Å². The highest BCUT2D eigenvalue weighted by Gasteiger charge is 2.38. The van der Waals surface area contributed by atoms with Gasteiger partial charge in [0.25, 0.3) is 0 Å². The van der Waals surface area contributed by atoms with Crippen LogP contribution < -0.4 is 10.6 Å². The lowest BCUT2D eigenvalue weighted by atomic mass is 10.3. The first-order chi connectivity index (χ1) is 13.8. The Morgan fingerprint density at radius 2 is 1.33 bits per heavy atom. The summed E-state index contributed by atoms with van der Waals surface area (Å²) < 4.78 is 77.2. The highest BCUT2D eigenvalue weighted by molar-refractivity contribution is 7.99. The molecule has 1 unspecified atom stereocenters. The molecular formula is C16H18F6N6OS. The van der Waals surface area contributed by atoms with Gasteiger partial charge < -0.3 is 15.7 Å². The van der Waals surface area contributed by atoms with Crippen molar-refractivity contribution < 1.29 is 31.4 Å². The predicted octanol–water partition coefficient (Wildman–Crippen LogP) is 4.09. The first-order valence-corrected chi connectivity index (χ1v) is 9.38. The number of hydrogen-bond acceptors (Lipinski definition) is 8. The van der Waals surface area contributed by atoms with Gasteiger partial charge in [-0.05, 0) is 32.9 Å². The topological polar surface area (TPSA) is 95.9 Å². The Kier molecular flexibility index (Phi) is 7.34. The van der Waals surface area contributed by atoms with Gasteiger partial charge in [-0.25, -0.2) is 4.98 Å². The van der Waals surface area contributed by atoms with Crippen LogP contribution in [0.4, 0.5) is 38.2 Å². The van der Waals surface area contributed by atoms with Gasteiger partial charge >= 0.3 is 12.4 Å². The summed E-state index contributed by atoms with van der Waals surface area (Å²) in [5, 5.41) is 13.8. The van der Waals surface area contributed by atoms with Crippen LogP contribution in [0.2, 0.25) is 0 Å². The molecule has 30 heavy (non-hydrogen) atoms. The maximum Gasteiger partial charge on any atom is 0.408 e. The van der Waals surface area contributed by atoms with Crippen molar-refractivity contribution in [2.24, 2.45) is 0 Å². The Labute approximate surface area is 171 Å². The summed E-state index contributed by atoms with van der Waals surface area (Å²) in [6, 6.07) is 0.400. The number of alkyl halides is 6. The molecule has 3 atom stereocenters. The second-order valence-corrected chi connectivity index (χ2v) is 7.54. The molecule has 0 saturated carbocycles. The molecule has 0 aliphatic carbocycles. The van der Waals surface area contributed by atoms with Gasteiger partial charge in [0, 0.05) is 0 Å². The number of rotatable bonds is 7. The molecule has 14 heteroatoms. The molecule has 0 aromatic carbocycles. The molecule has 0 aliphatic heterocycles. The summed E-state index contributed by atoms with van der Waals surface area (Å²) in [6.45, 7) is 3.13. The van der Waals surface area contributed by atoms with Crippen molar-refractivity contribution >= 4 is 23.7 Å². The lowest BCUT2D eigenvalue weighted by Crippen LogP contribution is -2.35. The van der Waals surface area contributed by atoms with E-state index in [4.69, 9.17) is 0 Å².